The quantitative estimate of drug-likeness (QED) is 0.708. The summed E-state index contributed by atoms with van der Waals surface area (Å²) in [5.74, 6) is 0. The van der Waals surface area contributed by atoms with Crippen LogP contribution < -0.4 is 4.90 Å². The fourth-order valence-electron chi connectivity index (χ4n) is 1.84. The van der Waals surface area contributed by atoms with Gasteiger partial charge in [-0.05, 0) is 31.0 Å². The molecule has 1 aromatic rings. The van der Waals surface area contributed by atoms with Crippen LogP contribution in [0.5, 0.6) is 0 Å². The second kappa shape index (κ2) is 8.40. The van der Waals surface area contributed by atoms with Gasteiger partial charge in [-0.3, -0.25) is 0 Å². The van der Waals surface area contributed by atoms with Crippen molar-refractivity contribution in [3.8, 4) is 0 Å². The summed E-state index contributed by atoms with van der Waals surface area (Å²) in [5, 5.41) is 0. The molecule has 0 aliphatic heterocycles. The number of unbranched alkanes of at least 4 members (excludes halogenated alkanes) is 1. The Kier molecular flexibility index (Phi) is 6.79. The molecule has 0 amide bonds. The van der Waals surface area contributed by atoms with Crippen LogP contribution >= 0.6 is 0 Å². The third kappa shape index (κ3) is 5.64. The average Bonchev–Trinajstić information content (AvgIpc) is 2.42. The summed E-state index contributed by atoms with van der Waals surface area (Å²) < 4.78 is 9.41. The standard InChI is InChI=1S/C15H23NO3/c1-4-5-9-16(10-11-19-15(17)18-3)14-8-6-7-13(2)12-14/h6-8,12H,4-5,9-11H2,1-3H3. The first-order valence-corrected chi connectivity index (χ1v) is 6.69. The third-order valence-corrected chi connectivity index (χ3v) is 2.90. The molecule has 1 rings (SSSR count). The smallest absolute Gasteiger partial charge is 0.438 e. The fraction of sp³-hybridized carbons (Fsp3) is 0.533. The number of anilines is 1. The molecule has 0 bridgehead atoms. The predicted molar refractivity (Wildman–Crippen MR) is 76.7 cm³/mol. The highest BCUT2D eigenvalue weighted by Crippen LogP contribution is 2.16. The summed E-state index contributed by atoms with van der Waals surface area (Å²) in [5.41, 5.74) is 2.40. The van der Waals surface area contributed by atoms with Crippen LogP contribution in [-0.2, 0) is 9.47 Å². The van der Waals surface area contributed by atoms with Gasteiger partial charge in [-0.1, -0.05) is 25.5 Å². The molecule has 0 N–H and O–H groups in total. The van der Waals surface area contributed by atoms with Gasteiger partial charge in [0, 0.05) is 12.2 Å². The average molecular weight is 265 g/mol. The molecule has 0 fully saturated rings. The van der Waals surface area contributed by atoms with E-state index < -0.39 is 6.16 Å². The zero-order chi connectivity index (χ0) is 14.1. The molecule has 0 heterocycles. The Balaban J connectivity index is 2.58. The number of nitrogens with zero attached hydrogens (tertiary/aromatic N) is 1. The molecule has 4 heteroatoms. The van der Waals surface area contributed by atoms with Crippen LogP contribution in [-0.4, -0.2) is 33.0 Å². The van der Waals surface area contributed by atoms with Gasteiger partial charge < -0.3 is 14.4 Å². The van der Waals surface area contributed by atoms with Gasteiger partial charge in [0.2, 0.25) is 0 Å². The summed E-state index contributed by atoms with van der Waals surface area (Å²) in [6.07, 6.45) is 1.63. The zero-order valence-electron chi connectivity index (χ0n) is 12.0. The first kappa shape index (κ1) is 15.3. The molecule has 0 aliphatic rings. The van der Waals surface area contributed by atoms with E-state index in [0.717, 1.165) is 19.4 Å². The van der Waals surface area contributed by atoms with Crippen molar-refractivity contribution >= 4 is 11.8 Å². The van der Waals surface area contributed by atoms with Gasteiger partial charge in [0.25, 0.3) is 0 Å². The van der Waals surface area contributed by atoms with Gasteiger partial charge in [0.15, 0.2) is 0 Å². The number of benzene rings is 1. The van der Waals surface area contributed by atoms with Crippen LogP contribution in [0.25, 0.3) is 0 Å². The first-order chi connectivity index (χ1) is 9.17. The number of carbonyl (C=O) groups is 1. The maximum Gasteiger partial charge on any atom is 0.508 e. The summed E-state index contributed by atoms with van der Waals surface area (Å²) >= 11 is 0. The number of rotatable bonds is 7. The van der Waals surface area contributed by atoms with E-state index in [2.05, 4.69) is 41.7 Å². The van der Waals surface area contributed by atoms with Crippen molar-refractivity contribution in [3.05, 3.63) is 29.8 Å². The van der Waals surface area contributed by atoms with E-state index in [4.69, 9.17) is 4.74 Å². The Morgan fingerprint density at radius 2 is 2.11 bits per heavy atom. The number of ether oxygens (including phenoxy) is 2. The largest absolute Gasteiger partial charge is 0.508 e. The van der Waals surface area contributed by atoms with Gasteiger partial charge >= 0.3 is 6.16 Å². The molecule has 106 valence electrons. The normalized spacial score (nSPS) is 10.1. The number of aryl methyl sites for hydroxylation is 1. The maximum absolute atomic E-state index is 10.9. The molecule has 0 atom stereocenters. The Labute approximate surface area is 115 Å². The summed E-state index contributed by atoms with van der Waals surface area (Å²) in [6.45, 7) is 6.22. The van der Waals surface area contributed by atoms with Crippen LogP contribution in [0.3, 0.4) is 0 Å². The van der Waals surface area contributed by atoms with Crippen LogP contribution in [0.4, 0.5) is 10.5 Å². The molecular formula is C15H23NO3. The molecule has 0 aromatic heterocycles. The van der Waals surface area contributed by atoms with Crippen molar-refractivity contribution in [3.63, 3.8) is 0 Å². The summed E-state index contributed by atoms with van der Waals surface area (Å²) in [6, 6.07) is 8.35. The van der Waals surface area contributed by atoms with Crippen molar-refractivity contribution in [2.75, 3.05) is 31.7 Å². The number of carbonyl (C=O) groups excluding carboxylic acids is 1. The molecule has 0 aliphatic carbocycles. The molecule has 4 nitrogen and oxygen atoms in total. The highest BCUT2D eigenvalue weighted by atomic mass is 16.7. The topological polar surface area (TPSA) is 38.8 Å². The molecule has 0 saturated heterocycles. The number of methoxy groups -OCH3 is 1. The van der Waals surface area contributed by atoms with Gasteiger partial charge in [-0.25, -0.2) is 4.79 Å². The van der Waals surface area contributed by atoms with E-state index in [0.29, 0.717) is 13.2 Å². The van der Waals surface area contributed by atoms with E-state index >= 15 is 0 Å². The zero-order valence-corrected chi connectivity index (χ0v) is 12.0. The Morgan fingerprint density at radius 1 is 1.32 bits per heavy atom. The van der Waals surface area contributed by atoms with Crippen LogP contribution in [0.15, 0.2) is 24.3 Å². The third-order valence-electron chi connectivity index (χ3n) is 2.90. The second-order valence-corrected chi connectivity index (χ2v) is 4.48. The van der Waals surface area contributed by atoms with E-state index in [9.17, 15) is 4.79 Å². The van der Waals surface area contributed by atoms with Crippen molar-refractivity contribution in [1.82, 2.24) is 0 Å². The van der Waals surface area contributed by atoms with Crippen molar-refractivity contribution in [1.29, 1.82) is 0 Å². The Morgan fingerprint density at radius 3 is 2.74 bits per heavy atom. The predicted octanol–water partition coefficient (Wildman–Crippen LogP) is 3.38. The fourth-order valence-corrected chi connectivity index (χ4v) is 1.84. The first-order valence-electron chi connectivity index (χ1n) is 6.69. The van der Waals surface area contributed by atoms with Gasteiger partial charge in [0.1, 0.15) is 6.61 Å². The monoisotopic (exact) mass is 265 g/mol. The van der Waals surface area contributed by atoms with E-state index in [-0.39, 0.29) is 0 Å². The Bertz CT molecular complexity index is 393. The Hall–Kier alpha value is -1.71. The van der Waals surface area contributed by atoms with E-state index in [1.165, 1.54) is 18.4 Å². The van der Waals surface area contributed by atoms with Gasteiger partial charge in [-0.15, -0.1) is 0 Å². The lowest BCUT2D eigenvalue weighted by Crippen LogP contribution is -2.29. The molecule has 1 aromatic carbocycles. The SMILES string of the molecule is CCCCN(CCOC(=O)OC)c1cccc(C)c1. The van der Waals surface area contributed by atoms with Gasteiger partial charge in [-0.2, -0.15) is 0 Å². The second-order valence-electron chi connectivity index (χ2n) is 4.48. The molecule has 0 radical (unpaired) electrons. The lowest BCUT2D eigenvalue weighted by atomic mass is 10.2. The molecule has 0 spiro atoms. The number of hydrogen-bond donors (Lipinski definition) is 0. The minimum atomic E-state index is -0.625. The highest BCUT2D eigenvalue weighted by molar-refractivity contribution is 5.59. The van der Waals surface area contributed by atoms with Crippen molar-refractivity contribution in [2.45, 2.75) is 26.7 Å². The van der Waals surface area contributed by atoms with Crippen molar-refractivity contribution in [2.24, 2.45) is 0 Å². The highest BCUT2D eigenvalue weighted by Gasteiger charge is 2.08. The van der Waals surface area contributed by atoms with Crippen molar-refractivity contribution < 1.29 is 14.3 Å². The molecular weight excluding hydrogens is 242 g/mol. The van der Waals surface area contributed by atoms with Gasteiger partial charge in [0.05, 0.1) is 13.7 Å². The van der Waals surface area contributed by atoms with E-state index in [1.807, 2.05) is 6.07 Å². The summed E-state index contributed by atoms with van der Waals surface area (Å²) in [7, 11) is 1.32. The summed E-state index contributed by atoms with van der Waals surface area (Å²) in [4.78, 5) is 13.2. The maximum atomic E-state index is 10.9. The molecule has 0 saturated carbocycles. The molecule has 0 unspecified atom stereocenters. The van der Waals surface area contributed by atoms with Crippen LogP contribution in [0.2, 0.25) is 0 Å². The number of hydrogen-bond acceptors (Lipinski definition) is 4. The van der Waals surface area contributed by atoms with E-state index in [1.54, 1.807) is 0 Å². The lowest BCUT2D eigenvalue weighted by Gasteiger charge is -2.24. The lowest BCUT2D eigenvalue weighted by molar-refractivity contribution is 0.0747. The van der Waals surface area contributed by atoms with Crippen LogP contribution in [0.1, 0.15) is 25.3 Å². The molecule has 19 heavy (non-hydrogen) atoms. The van der Waals surface area contributed by atoms with Crippen LogP contribution in [0, 0.1) is 6.92 Å². The minimum Gasteiger partial charge on any atom is -0.438 e. The minimum absolute atomic E-state index is 0.338.